The van der Waals surface area contributed by atoms with Crippen LogP contribution in [0.25, 0.3) is 0 Å². The van der Waals surface area contributed by atoms with E-state index in [1.807, 2.05) is 11.5 Å². The number of imidazole rings is 1. The van der Waals surface area contributed by atoms with Crippen molar-refractivity contribution in [2.75, 3.05) is 20.2 Å². The molecule has 0 spiro atoms. The Morgan fingerprint density at radius 3 is 2.65 bits per heavy atom. The molecule has 0 bridgehead atoms. The maximum atomic E-state index is 12.2. The summed E-state index contributed by atoms with van der Waals surface area (Å²) >= 11 is 0. The molecule has 1 fully saturated rings. The van der Waals surface area contributed by atoms with Crippen LogP contribution >= 0.6 is 0 Å². The lowest BCUT2D eigenvalue weighted by Crippen LogP contribution is -2.54. The predicted molar refractivity (Wildman–Crippen MR) is 62.2 cm³/mol. The first kappa shape index (κ1) is 12.5. The summed E-state index contributed by atoms with van der Waals surface area (Å²) in [5.74, 6) is 0.717. The van der Waals surface area contributed by atoms with Crippen LogP contribution in [0.2, 0.25) is 0 Å². The van der Waals surface area contributed by atoms with E-state index in [1.54, 1.807) is 20.2 Å². The van der Waals surface area contributed by atoms with E-state index in [1.165, 1.54) is 4.31 Å². The van der Waals surface area contributed by atoms with Crippen LogP contribution in [0.5, 0.6) is 0 Å². The molecule has 0 atom stereocenters. The topological polar surface area (TPSA) is 64.4 Å². The van der Waals surface area contributed by atoms with Gasteiger partial charge in [-0.25, -0.2) is 13.4 Å². The molecule has 17 heavy (non-hydrogen) atoms. The van der Waals surface area contributed by atoms with Crippen molar-refractivity contribution in [2.24, 2.45) is 0 Å². The maximum absolute atomic E-state index is 12.2. The van der Waals surface area contributed by atoms with Gasteiger partial charge in [0.25, 0.3) is 10.0 Å². The average Bonchev–Trinajstić information content (AvgIpc) is 2.58. The number of sulfonamides is 1. The highest BCUT2D eigenvalue weighted by atomic mass is 32.2. The molecular weight excluding hydrogens is 242 g/mol. The van der Waals surface area contributed by atoms with Gasteiger partial charge < -0.3 is 9.30 Å². The highest BCUT2D eigenvalue weighted by Crippen LogP contribution is 2.22. The fourth-order valence-corrected chi connectivity index (χ4v) is 3.30. The number of rotatable bonds is 4. The molecule has 6 nitrogen and oxygen atoms in total. The van der Waals surface area contributed by atoms with E-state index in [0.717, 1.165) is 12.4 Å². The van der Waals surface area contributed by atoms with E-state index in [4.69, 9.17) is 4.74 Å². The van der Waals surface area contributed by atoms with Gasteiger partial charge in [0.2, 0.25) is 0 Å². The zero-order valence-corrected chi connectivity index (χ0v) is 11.1. The Morgan fingerprint density at radius 1 is 1.53 bits per heavy atom. The number of nitrogens with zero attached hydrogens (tertiary/aromatic N) is 3. The number of methoxy groups -OCH3 is 1. The zero-order chi connectivity index (χ0) is 12.6. The van der Waals surface area contributed by atoms with Crippen molar-refractivity contribution < 1.29 is 13.2 Å². The molecule has 1 aromatic rings. The summed E-state index contributed by atoms with van der Waals surface area (Å²) in [6, 6.07) is 0. The van der Waals surface area contributed by atoms with Gasteiger partial charge in [0, 0.05) is 32.9 Å². The molecule has 0 amide bonds. The molecule has 1 aliphatic rings. The maximum Gasteiger partial charge on any atom is 0.262 e. The van der Waals surface area contributed by atoms with Crippen molar-refractivity contribution in [3.8, 4) is 0 Å². The van der Waals surface area contributed by atoms with Crippen LogP contribution in [0.15, 0.2) is 11.2 Å². The van der Waals surface area contributed by atoms with E-state index >= 15 is 0 Å². The molecule has 1 aliphatic heterocycles. The minimum atomic E-state index is -3.44. The molecule has 0 unspecified atom stereocenters. The molecule has 2 rings (SSSR count). The third-order valence-electron chi connectivity index (χ3n) is 3.05. The molecule has 0 radical (unpaired) electrons. The summed E-state index contributed by atoms with van der Waals surface area (Å²) in [5, 5.41) is 0.131. The minimum absolute atomic E-state index is 0.0131. The third kappa shape index (κ3) is 2.10. The second kappa shape index (κ2) is 4.40. The van der Waals surface area contributed by atoms with Gasteiger partial charge in [0.05, 0.1) is 6.10 Å². The van der Waals surface area contributed by atoms with Gasteiger partial charge in [0.1, 0.15) is 5.82 Å². The SMILES string of the molecule is CCn1cc(S(=O)(=O)N2CC(OC)C2)nc1C. The normalized spacial score (nSPS) is 18.3. The van der Waals surface area contributed by atoms with Gasteiger partial charge in [-0.3, -0.25) is 0 Å². The van der Waals surface area contributed by atoms with E-state index < -0.39 is 10.0 Å². The van der Waals surface area contributed by atoms with E-state index in [0.29, 0.717) is 13.1 Å². The molecular formula is C10H17N3O3S. The average molecular weight is 259 g/mol. The van der Waals surface area contributed by atoms with Crippen molar-refractivity contribution in [3.63, 3.8) is 0 Å². The molecule has 0 saturated carbocycles. The Kier molecular flexibility index (Phi) is 3.24. The molecule has 96 valence electrons. The molecule has 1 aromatic heterocycles. The minimum Gasteiger partial charge on any atom is -0.379 e. The third-order valence-corrected chi connectivity index (χ3v) is 4.75. The van der Waals surface area contributed by atoms with Crippen molar-refractivity contribution in [1.82, 2.24) is 13.9 Å². The van der Waals surface area contributed by atoms with Crippen LogP contribution in [-0.2, 0) is 21.3 Å². The molecule has 2 heterocycles. The lowest BCUT2D eigenvalue weighted by atomic mass is 10.2. The van der Waals surface area contributed by atoms with Crippen LogP contribution in [0.1, 0.15) is 12.7 Å². The number of hydrogen-bond donors (Lipinski definition) is 0. The van der Waals surface area contributed by atoms with Crippen molar-refractivity contribution in [2.45, 2.75) is 31.5 Å². The quantitative estimate of drug-likeness (QED) is 0.776. The molecule has 1 saturated heterocycles. The largest absolute Gasteiger partial charge is 0.379 e. The van der Waals surface area contributed by atoms with E-state index in [-0.39, 0.29) is 11.1 Å². The smallest absolute Gasteiger partial charge is 0.262 e. The first-order valence-electron chi connectivity index (χ1n) is 5.55. The molecule has 0 aromatic carbocycles. The summed E-state index contributed by atoms with van der Waals surface area (Å²) in [6.07, 6.45) is 1.60. The number of ether oxygens (including phenoxy) is 1. The standard InChI is InChI=1S/C10H17N3O3S/c1-4-12-7-10(11-8(12)2)17(14,15)13-5-9(6-13)16-3/h7,9H,4-6H2,1-3H3. The summed E-state index contributed by atoms with van der Waals surface area (Å²) in [6.45, 7) is 5.30. The van der Waals surface area contributed by atoms with Crippen LogP contribution < -0.4 is 0 Å². The zero-order valence-electron chi connectivity index (χ0n) is 10.3. The van der Waals surface area contributed by atoms with Crippen molar-refractivity contribution in [1.29, 1.82) is 0 Å². The van der Waals surface area contributed by atoms with Gasteiger partial charge in [-0.2, -0.15) is 4.31 Å². The van der Waals surface area contributed by atoms with E-state index in [2.05, 4.69) is 4.98 Å². The van der Waals surface area contributed by atoms with Gasteiger partial charge in [-0.05, 0) is 13.8 Å². The molecule has 0 aliphatic carbocycles. The highest BCUT2D eigenvalue weighted by molar-refractivity contribution is 7.89. The monoisotopic (exact) mass is 259 g/mol. The van der Waals surface area contributed by atoms with Crippen molar-refractivity contribution in [3.05, 3.63) is 12.0 Å². The van der Waals surface area contributed by atoms with Crippen LogP contribution in [0.4, 0.5) is 0 Å². The Morgan fingerprint density at radius 2 is 2.18 bits per heavy atom. The van der Waals surface area contributed by atoms with E-state index in [9.17, 15) is 8.42 Å². The summed E-state index contributed by atoms with van der Waals surface area (Å²) in [4.78, 5) is 4.10. The fraction of sp³-hybridized carbons (Fsp3) is 0.700. The summed E-state index contributed by atoms with van der Waals surface area (Å²) in [5.41, 5.74) is 0. The van der Waals surface area contributed by atoms with Crippen molar-refractivity contribution >= 4 is 10.0 Å². The van der Waals surface area contributed by atoms with Gasteiger partial charge in [0.15, 0.2) is 5.03 Å². The fourth-order valence-electron chi connectivity index (χ4n) is 1.80. The predicted octanol–water partition coefficient (Wildman–Crippen LogP) is 0.231. The highest BCUT2D eigenvalue weighted by Gasteiger charge is 2.38. The summed E-state index contributed by atoms with van der Waals surface area (Å²) in [7, 11) is -1.85. The Labute approximate surface area is 101 Å². The van der Waals surface area contributed by atoms with Gasteiger partial charge in [-0.15, -0.1) is 0 Å². The number of aryl methyl sites for hydroxylation is 2. The van der Waals surface area contributed by atoms with Gasteiger partial charge in [-0.1, -0.05) is 0 Å². The van der Waals surface area contributed by atoms with Crippen LogP contribution in [0, 0.1) is 6.92 Å². The number of hydrogen-bond acceptors (Lipinski definition) is 4. The first-order chi connectivity index (χ1) is 7.98. The Hall–Kier alpha value is -0.920. The Balaban J connectivity index is 2.21. The van der Waals surface area contributed by atoms with Gasteiger partial charge >= 0.3 is 0 Å². The number of aromatic nitrogens is 2. The lowest BCUT2D eigenvalue weighted by Gasteiger charge is -2.36. The second-order valence-electron chi connectivity index (χ2n) is 4.09. The Bertz CT molecular complexity index is 503. The summed E-state index contributed by atoms with van der Waals surface area (Å²) < 4.78 is 32.6. The lowest BCUT2D eigenvalue weighted by molar-refractivity contribution is 0.0124. The van der Waals surface area contributed by atoms with Crippen LogP contribution in [0.3, 0.4) is 0 Å². The van der Waals surface area contributed by atoms with Crippen LogP contribution in [-0.4, -0.2) is 48.6 Å². The molecule has 7 heteroatoms. The second-order valence-corrected chi connectivity index (χ2v) is 5.98. The molecule has 0 N–H and O–H groups in total. The first-order valence-corrected chi connectivity index (χ1v) is 6.99.